The molecule has 2 N–H and O–H groups in total. The summed E-state index contributed by atoms with van der Waals surface area (Å²) >= 11 is 0. The van der Waals surface area contributed by atoms with Crippen LogP contribution in [0.15, 0.2) is 30.7 Å². The third-order valence-corrected chi connectivity index (χ3v) is 6.23. The molecule has 1 amide bonds. The fourth-order valence-electron chi connectivity index (χ4n) is 4.26. The van der Waals surface area contributed by atoms with Gasteiger partial charge in [-0.3, -0.25) is 4.79 Å². The van der Waals surface area contributed by atoms with E-state index in [0.29, 0.717) is 41.5 Å². The number of carbonyl (C=O) groups is 1. The number of methoxy groups -OCH3 is 1. The summed E-state index contributed by atoms with van der Waals surface area (Å²) in [6.07, 6.45) is 8.67. The van der Waals surface area contributed by atoms with Crippen LogP contribution >= 0.6 is 0 Å². The monoisotopic (exact) mass is 447 g/mol. The third-order valence-electron chi connectivity index (χ3n) is 6.23. The van der Waals surface area contributed by atoms with E-state index >= 15 is 0 Å². The molecule has 5 rings (SSSR count). The van der Waals surface area contributed by atoms with Crippen molar-refractivity contribution < 1.29 is 14.3 Å². The van der Waals surface area contributed by atoms with Crippen LogP contribution in [0.1, 0.15) is 41.6 Å². The standard InChI is InChI=1S/C23H25N7O3/c1-32-18-4-2-16(3-5-18)29-23(31)19-11-25-21(7-20(19)28-17-12-33-13-17)30-22-15(10-27-30)6-14(8-24)9-26-22/h6-7,9-11,16-18H,2-5,12-13H2,1H3,(H,25,28)(H,29,31). The summed E-state index contributed by atoms with van der Waals surface area (Å²) in [6, 6.07) is 5.88. The average Bonchev–Trinajstić information content (AvgIpc) is 3.25. The van der Waals surface area contributed by atoms with Crippen LogP contribution in [0.2, 0.25) is 0 Å². The second kappa shape index (κ2) is 9.13. The number of ether oxygens (including phenoxy) is 2. The first kappa shape index (κ1) is 21.3. The Balaban J connectivity index is 1.42. The van der Waals surface area contributed by atoms with Crippen LogP contribution in [0.4, 0.5) is 5.69 Å². The van der Waals surface area contributed by atoms with Crippen LogP contribution in [-0.2, 0) is 9.47 Å². The molecule has 0 aromatic carbocycles. The lowest BCUT2D eigenvalue weighted by atomic mass is 9.93. The lowest BCUT2D eigenvalue weighted by molar-refractivity contribution is 0.0210. The molecule has 170 valence electrons. The van der Waals surface area contributed by atoms with Crippen LogP contribution < -0.4 is 10.6 Å². The van der Waals surface area contributed by atoms with Gasteiger partial charge in [0.25, 0.3) is 5.91 Å². The highest BCUT2D eigenvalue weighted by atomic mass is 16.5. The van der Waals surface area contributed by atoms with Crippen molar-refractivity contribution in [2.24, 2.45) is 0 Å². The number of hydrogen-bond donors (Lipinski definition) is 2. The van der Waals surface area contributed by atoms with Crippen LogP contribution in [-0.4, -0.2) is 64.2 Å². The Morgan fingerprint density at radius 2 is 1.97 bits per heavy atom. The van der Waals surface area contributed by atoms with E-state index in [1.54, 1.807) is 36.3 Å². The third kappa shape index (κ3) is 4.37. The average molecular weight is 447 g/mol. The number of pyridine rings is 2. The van der Waals surface area contributed by atoms with Crippen LogP contribution in [0.5, 0.6) is 0 Å². The van der Waals surface area contributed by atoms with Gasteiger partial charge in [-0.05, 0) is 31.7 Å². The maximum absolute atomic E-state index is 13.1. The van der Waals surface area contributed by atoms with Crippen molar-refractivity contribution in [3.63, 3.8) is 0 Å². The van der Waals surface area contributed by atoms with Gasteiger partial charge in [-0.1, -0.05) is 0 Å². The summed E-state index contributed by atoms with van der Waals surface area (Å²) in [5, 5.41) is 20.8. The highest BCUT2D eigenvalue weighted by Crippen LogP contribution is 2.25. The van der Waals surface area contributed by atoms with Crippen molar-refractivity contribution in [3.8, 4) is 11.9 Å². The molecule has 1 aliphatic carbocycles. The molecule has 2 fully saturated rings. The molecule has 0 bridgehead atoms. The van der Waals surface area contributed by atoms with Crippen molar-refractivity contribution in [1.29, 1.82) is 5.26 Å². The van der Waals surface area contributed by atoms with E-state index in [4.69, 9.17) is 14.7 Å². The van der Waals surface area contributed by atoms with Gasteiger partial charge >= 0.3 is 0 Å². The number of carbonyl (C=O) groups excluding carboxylic acids is 1. The summed E-state index contributed by atoms with van der Waals surface area (Å²) in [4.78, 5) is 22.0. The first-order chi connectivity index (χ1) is 16.1. The van der Waals surface area contributed by atoms with Gasteiger partial charge in [0, 0.05) is 37.0 Å². The predicted octanol–water partition coefficient (Wildman–Crippen LogP) is 2.19. The van der Waals surface area contributed by atoms with Crippen LogP contribution in [0.3, 0.4) is 0 Å². The van der Waals surface area contributed by atoms with Gasteiger partial charge in [0.2, 0.25) is 0 Å². The molecule has 10 nitrogen and oxygen atoms in total. The summed E-state index contributed by atoms with van der Waals surface area (Å²) < 4.78 is 12.3. The Labute approximate surface area is 190 Å². The first-order valence-electron chi connectivity index (χ1n) is 11.1. The summed E-state index contributed by atoms with van der Waals surface area (Å²) in [7, 11) is 1.74. The van der Waals surface area contributed by atoms with E-state index in [0.717, 1.165) is 31.1 Å². The van der Waals surface area contributed by atoms with Gasteiger partial charge in [0.1, 0.15) is 6.07 Å². The lowest BCUT2D eigenvalue weighted by Gasteiger charge is -2.30. The molecule has 3 aromatic rings. The Hall–Kier alpha value is -3.55. The Kier molecular flexibility index (Phi) is 5.90. The maximum Gasteiger partial charge on any atom is 0.255 e. The quantitative estimate of drug-likeness (QED) is 0.589. The van der Waals surface area contributed by atoms with Gasteiger partial charge in [0.05, 0.1) is 48.4 Å². The van der Waals surface area contributed by atoms with Crippen molar-refractivity contribution in [1.82, 2.24) is 25.1 Å². The molecule has 1 saturated carbocycles. The topological polar surface area (TPSA) is 127 Å². The van der Waals surface area contributed by atoms with Gasteiger partial charge in [-0.2, -0.15) is 15.0 Å². The number of nitrogens with one attached hydrogen (secondary N) is 2. The highest BCUT2D eigenvalue weighted by Gasteiger charge is 2.26. The summed E-state index contributed by atoms with van der Waals surface area (Å²) in [5.41, 5.74) is 2.21. The molecular weight excluding hydrogens is 422 g/mol. The molecule has 0 unspecified atom stereocenters. The van der Waals surface area contributed by atoms with Gasteiger partial charge in [0.15, 0.2) is 11.5 Å². The Bertz CT molecular complexity index is 1210. The molecule has 0 atom stereocenters. The van der Waals surface area contributed by atoms with E-state index in [9.17, 15) is 4.79 Å². The fourth-order valence-corrected chi connectivity index (χ4v) is 4.26. The first-order valence-corrected chi connectivity index (χ1v) is 11.1. The molecular formula is C23H25N7O3. The minimum absolute atomic E-state index is 0.122. The van der Waals surface area contributed by atoms with Crippen LogP contribution in [0.25, 0.3) is 16.9 Å². The number of hydrogen-bond acceptors (Lipinski definition) is 8. The van der Waals surface area contributed by atoms with Crippen molar-refractivity contribution in [3.05, 3.63) is 41.9 Å². The molecule has 33 heavy (non-hydrogen) atoms. The van der Waals surface area contributed by atoms with E-state index in [2.05, 4.69) is 31.8 Å². The molecule has 1 aliphatic heterocycles. The van der Waals surface area contributed by atoms with Crippen LogP contribution in [0, 0.1) is 11.3 Å². The van der Waals surface area contributed by atoms with E-state index in [-0.39, 0.29) is 24.1 Å². The number of nitriles is 1. The molecule has 1 saturated heterocycles. The van der Waals surface area contributed by atoms with E-state index < -0.39 is 0 Å². The largest absolute Gasteiger partial charge is 0.381 e. The van der Waals surface area contributed by atoms with Crippen molar-refractivity contribution in [2.45, 2.75) is 43.9 Å². The normalized spacial score (nSPS) is 20.7. The zero-order chi connectivity index (χ0) is 22.8. The highest BCUT2D eigenvalue weighted by molar-refractivity contribution is 5.99. The molecule has 0 spiro atoms. The minimum Gasteiger partial charge on any atom is -0.381 e. The number of nitrogens with zero attached hydrogens (tertiary/aromatic N) is 5. The summed E-state index contributed by atoms with van der Waals surface area (Å²) in [6.45, 7) is 1.17. The number of rotatable bonds is 6. The number of amides is 1. The van der Waals surface area contributed by atoms with Crippen molar-refractivity contribution >= 4 is 22.6 Å². The van der Waals surface area contributed by atoms with Gasteiger partial charge < -0.3 is 20.1 Å². The minimum atomic E-state index is -0.153. The Morgan fingerprint density at radius 3 is 2.67 bits per heavy atom. The second-order valence-electron chi connectivity index (χ2n) is 8.45. The predicted molar refractivity (Wildman–Crippen MR) is 120 cm³/mol. The second-order valence-corrected chi connectivity index (χ2v) is 8.45. The number of fused-ring (bicyclic) bond motifs is 1. The zero-order valence-corrected chi connectivity index (χ0v) is 18.3. The molecule has 0 radical (unpaired) electrons. The van der Waals surface area contributed by atoms with E-state index in [1.807, 2.05) is 0 Å². The molecule has 4 heterocycles. The maximum atomic E-state index is 13.1. The molecule has 2 aliphatic rings. The van der Waals surface area contributed by atoms with Crippen molar-refractivity contribution in [2.75, 3.05) is 25.6 Å². The lowest BCUT2D eigenvalue weighted by Crippen LogP contribution is -2.42. The number of anilines is 1. The zero-order valence-electron chi connectivity index (χ0n) is 18.3. The molecule has 3 aromatic heterocycles. The Morgan fingerprint density at radius 1 is 1.15 bits per heavy atom. The SMILES string of the molecule is COC1CCC(NC(=O)c2cnc(-n3ncc4cc(C#N)cnc43)cc2NC2COC2)CC1. The smallest absolute Gasteiger partial charge is 0.255 e. The van der Waals surface area contributed by atoms with Gasteiger partial charge in [-0.15, -0.1) is 0 Å². The summed E-state index contributed by atoms with van der Waals surface area (Å²) in [5.74, 6) is 0.377. The molecule has 10 heteroatoms. The fraction of sp³-hybridized carbons (Fsp3) is 0.435. The van der Waals surface area contributed by atoms with Gasteiger partial charge in [-0.25, -0.2) is 9.97 Å². The number of aromatic nitrogens is 4. The van der Waals surface area contributed by atoms with E-state index in [1.165, 1.54) is 6.20 Å².